The molecule has 2 heterocycles. The van der Waals surface area contributed by atoms with Crippen molar-refractivity contribution in [3.8, 4) is 0 Å². The second-order valence-corrected chi connectivity index (χ2v) is 4.78. The molecule has 0 saturated carbocycles. The maximum absolute atomic E-state index is 11.6. The third-order valence-electron chi connectivity index (χ3n) is 3.31. The summed E-state index contributed by atoms with van der Waals surface area (Å²) < 4.78 is 5.34. The number of hydrogen-bond acceptors (Lipinski definition) is 6. The molecule has 110 valence electrons. The van der Waals surface area contributed by atoms with Crippen LogP contribution in [0.15, 0.2) is 0 Å². The van der Waals surface area contributed by atoms with E-state index in [0.717, 1.165) is 23.7 Å². The van der Waals surface area contributed by atoms with Crippen molar-refractivity contribution in [3.05, 3.63) is 11.4 Å². The monoisotopic (exact) mass is 279 g/mol. The van der Waals surface area contributed by atoms with E-state index in [-0.39, 0.29) is 0 Å². The highest BCUT2D eigenvalue weighted by atomic mass is 16.5. The van der Waals surface area contributed by atoms with Gasteiger partial charge in [0.1, 0.15) is 23.5 Å². The summed E-state index contributed by atoms with van der Waals surface area (Å²) in [5, 5.41) is 3.21. The third kappa shape index (κ3) is 2.82. The minimum atomic E-state index is -0.480. The van der Waals surface area contributed by atoms with Gasteiger partial charge in [0.2, 0.25) is 5.91 Å². The van der Waals surface area contributed by atoms with E-state index in [1.54, 1.807) is 0 Å². The van der Waals surface area contributed by atoms with E-state index in [9.17, 15) is 4.79 Å². The van der Waals surface area contributed by atoms with E-state index in [1.165, 1.54) is 0 Å². The number of anilines is 2. The van der Waals surface area contributed by atoms with Crippen LogP contribution >= 0.6 is 0 Å². The SMILES string of the molecule is CCNc1nc(C)nc(N2CCOCC2C(N)=O)c1C. The van der Waals surface area contributed by atoms with E-state index >= 15 is 0 Å². The molecule has 3 N–H and O–H groups in total. The fourth-order valence-electron chi connectivity index (χ4n) is 2.33. The molecule has 0 aromatic carbocycles. The van der Waals surface area contributed by atoms with Crippen LogP contribution in [0.4, 0.5) is 11.6 Å². The van der Waals surface area contributed by atoms with Crippen molar-refractivity contribution in [3.63, 3.8) is 0 Å². The second kappa shape index (κ2) is 6.04. The van der Waals surface area contributed by atoms with E-state index in [1.807, 2.05) is 25.7 Å². The average Bonchev–Trinajstić information content (AvgIpc) is 2.42. The molecule has 1 aromatic heterocycles. The largest absolute Gasteiger partial charge is 0.377 e. The molecule has 1 saturated heterocycles. The standard InChI is InChI=1S/C13H21N5O2/c1-4-15-12-8(2)13(17-9(3)16-12)18-5-6-20-7-10(18)11(14)19/h10H,4-7H2,1-3H3,(H2,14,19)(H,15,16,17). The first-order valence-corrected chi connectivity index (χ1v) is 6.77. The number of carbonyl (C=O) groups is 1. The first-order valence-electron chi connectivity index (χ1n) is 6.77. The Morgan fingerprint density at radius 3 is 2.90 bits per heavy atom. The molecule has 1 aliphatic heterocycles. The lowest BCUT2D eigenvalue weighted by Gasteiger charge is -2.35. The van der Waals surface area contributed by atoms with Crippen molar-refractivity contribution >= 4 is 17.5 Å². The van der Waals surface area contributed by atoms with Gasteiger partial charge in [-0.3, -0.25) is 4.79 Å². The van der Waals surface area contributed by atoms with Gasteiger partial charge in [0.15, 0.2) is 0 Å². The van der Waals surface area contributed by atoms with Crippen LogP contribution in [0.25, 0.3) is 0 Å². The van der Waals surface area contributed by atoms with Gasteiger partial charge in [0.25, 0.3) is 0 Å². The maximum Gasteiger partial charge on any atom is 0.242 e. The van der Waals surface area contributed by atoms with Crippen LogP contribution in [-0.2, 0) is 9.53 Å². The number of morpholine rings is 1. The Labute approximate surface area is 118 Å². The molecule has 1 amide bonds. The number of amides is 1. The number of rotatable bonds is 4. The first kappa shape index (κ1) is 14.5. The summed E-state index contributed by atoms with van der Waals surface area (Å²) in [6, 6.07) is -0.480. The lowest BCUT2D eigenvalue weighted by atomic mass is 10.2. The van der Waals surface area contributed by atoms with Crippen LogP contribution in [0.2, 0.25) is 0 Å². The molecule has 1 unspecified atom stereocenters. The molecule has 0 spiro atoms. The fraction of sp³-hybridized carbons (Fsp3) is 0.615. The highest BCUT2D eigenvalue weighted by Gasteiger charge is 2.30. The third-order valence-corrected chi connectivity index (χ3v) is 3.31. The Balaban J connectivity index is 2.41. The van der Waals surface area contributed by atoms with Crippen LogP contribution in [0.1, 0.15) is 18.3 Å². The van der Waals surface area contributed by atoms with Crippen LogP contribution in [0.3, 0.4) is 0 Å². The predicted octanol–water partition coefficient (Wildman–Crippen LogP) is 0.216. The van der Waals surface area contributed by atoms with Gasteiger partial charge in [0.05, 0.1) is 13.2 Å². The van der Waals surface area contributed by atoms with Gasteiger partial charge >= 0.3 is 0 Å². The van der Waals surface area contributed by atoms with E-state index < -0.39 is 11.9 Å². The van der Waals surface area contributed by atoms with Crippen LogP contribution in [0.5, 0.6) is 0 Å². The zero-order valence-corrected chi connectivity index (χ0v) is 12.1. The zero-order valence-electron chi connectivity index (χ0n) is 12.1. The summed E-state index contributed by atoms with van der Waals surface area (Å²) in [5.74, 6) is 1.81. The summed E-state index contributed by atoms with van der Waals surface area (Å²) in [6.45, 7) is 8.02. The van der Waals surface area contributed by atoms with Crippen LogP contribution in [-0.4, -0.2) is 48.2 Å². The van der Waals surface area contributed by atoms with Crippen LogP contribution in [0, 0.1) is 13.8 Å². The topological polar surface area (TPSA) is 93.4 Å². The zero-order chi connectivity index (χ0) is 14.7. The second-order valence-electron chi connectivity index (χ2n) is 4.78. The number of nitrogens with two attached hydrogens (primary N) is 1. The number of carbonyl (C=O) groups excluding carboxylic acids is 1. The van der Waals surface area contributed by atoms with Crippen molar-refractivity contribution in [2.45, 2.75) is 26.8 Å². The van der Waals surface area contributed by atoms with Crippen LogP contribution < -0.4 is 16.0 Å². The molecule has 1 fully saturated rings. The Hall–Kier alpha value is -1.89. The highest BCUT2D eigenvalue weighted by Crippen LogP contribution is 2.26. The molecule has 0 radical (unpaired) electrons. The Morgan fingerprint density at radius 1 is 1.50 bits per heavy atom. The van der Waals surface area contributed by atoms with Crippen molar-refractivity contribution in [1.29, 1.82) is 0 Å². The lowest BCUT2D eigenvalue weighted by molar-refractivity contribution is -0.121. The number of aromatic nitrogens is 2. The Kier molecular flexibility index (Phi) is 4.39. The predicted molar refractivity (Wildman–Crippen MR) is 76.8 cm³/mol. The molecule has 7 nitrogen and oxygen atoms in total. The number of nitrogens with zero attached hydrogens (tertiary/aromatic N) is 3. The van der Waals surface area contributed by atoms with Crippen molar-refractivity contribution < 1.29 is 9.53 Å². The van der Waals surface area contributed by atoms with Gasteiger partial charge in [-0.25, -0.2) is 9.97 Å². The van der Waals surface area contributed by atoms with Crippen molar-refractivity contribution in [1.82, 2.24) is 9.97 Å². The summed E-state index contributed by atoms with van der Waals surface area (Å²) in [6.07, 6.45) is 0. The molecule has 2 rings (SSSR count). The number of aryl methyl sites for hydroxylation is 1. The lowest BCUT2D eigenvalue weighted by Crippen LogP contribution is -2.53. The van der Waals surface area contributed by atoms with E-state index in [2.05, 4.69) is 15.3 Å². The fourth-order valence-corrected chi connectivity index (χ4v) is 2.33. The van der Waals surface area contributed by atoms with Gasteiger partial charge < -0.3 is 20.7 Å². The van der Waals surface area contributed by atoms with E-state index in [4.69, 9.17) is 10.5 Å². The molecule has 20 heavy (non-hydrogen) atoms. The molecule has 1 aromatic rings. The Morgan fingerprint density at radius 2 is 2.25 bits per heavy atom. The maximum atomic E-state index is 11.6. The quantitative estimate of drug-likeness (QED) is 0.818. The highest BCUT2D eigenvalue weighted by molar-refractivity contribution is 5.84. The molecule has 7 heteroatoms. The Bertz CT molecular complexity index is 506. The number of hydrogen-bond donors (Lipinski definition) is 2. The molecular formula is C13H21N5O2. The minimum Gasteiger partial charge on any atom is -0.377 e. The van der Waals surface area contributed by atoms with E-state index in [0.29, 0.717) is 25.6 Å². The number of primary amides is 1. The molecule has 1 aliphatic rings. The molecule has 0 aliphatic carbocycles. The summed E-state index contributed by atoms with van der Waals surface area (Å²) >= 11 is 0. The summed E-state index contributed by atoms with van der Waals surface area (Å²) in [4.78, 5) is 22.4. The van der Waals surface area contributed by atoms with Crippen molar-refractivity contribution in [2.75, 3.05) is 36.5 Å². The van der Waals surface area contributed by atoms with Gasteiger partial charge in [-0.1, -0.05) is 0 Å². The number of nitrogens with one attached hydrogen (secondary N) is 1. The minimum absolute atomic E-state index is 0.300. The molecule has 1 atom stereocenters. The normalized spacial score (nSPS) is 18.9. The smallest absolute Gasteiger partial charge is 0.242 e. The average molecular weight is 279 g/mol. The summed E-state index contributed by atoms with van der Waals surface area (Å²) in [7, 11) is 0. The number of ether oxygens (including phenoxy) is 1. The van der Waals surface area contributed by atoms with Gasteiger partial charge in [-0.15, -0.1) is 0 Å². The van der Waals surface area contributed by atoms with Gasteiger partial charge in [-0.05, 0) is 20.8 Å². The summed E-state index contributed by atoms with van der Waals surface area (Å²) in [5.41, 5.74) is 6.38. The molecule has 0 bridgehead atoms. The van der Waals surface area contributed by atoms with Gasteiger partial charge in [0, 0.05) is 18.7 Å². The van der Waals surface area contributed by atoms with Gasteiger partial charge in [-0.2, -0.15) is 0 Å². The molecular weight excluding hydrogens is 258 g/mol. The first-order chi connectivity index (χ1) is 9.54. The van der Waals surface area contributed by atoms with Crippen molar-refractivity contribution in [2.24, 2.45) is 5.73 Å².